The molecule has 1 fully saturated rings. The van der Waals surface area contributed by atoms with Gasteiger partial charge in [0.05, 0.1) is 5.92 Å². The standard InChI is InChI=1S/C11H21F3N2/c1-2-5-16(7-9-3-4-9)8-10(6-15)11(12,13)14/h9-10H,2-8,15H2,1H3. The first-order valence-electron chi connectivity index (χ1n) is 5.96. The van der Waals surface area contributed by atoms with Gasteiger partial charge in [-0.15, -0.1) is 0 Å². The van der Waals surface area contributed by atoms with E-state index in [0.717, 1.165) is 19.5 Å². The molecule has 1 aliphatic rings. The normalized spacial score (nSPS) is 19.1. The first kappa shape index (κ1) is 13.8. The highest BCUT2D eigenvalue weighted by atomic mass is 19.4. The van der Waals surface area contributed by atoms with E-state index in [1.54, 1.807) is 0 Å². The summed E-state index contributed by atoms with van der Waals surface area (Å²) in [6.45, 7) is 3.28. The molecule has 0 radical (unpaired) electrons. The summed E-state index contributed by atoms with van der Waals surface area (Å²) < 4.78 is 37.7. The summed E-state index contributed by atoms with van der Waals surface area (Å²) in [5.41, 5.74) is 5.20. The van der Waals surface area contributed by atoms with Crippen molar-refractivity contribution < 1.29 is 13.2 Å². The van der Waals surface area contributed by atoms with E-state index in [4.69, 9.17) is 5.73 Å². The lowest BCUT2D eigenvalue weighted by Crippen LogP contribution is -2.41. The molecule has 0 aromatic heterocycles. The molecule has 0 amide bonds. The van der Waals surface area contributed by atoms with Crippen LogP contribution in [0.4, 0.5) is 13.2 Å². The second-order valence-corrected chi connectivity index (χ2v) is 4.68. The Morgan fingerprint density at radius 3 is 2.38 bits per heavy atom. The van der Waals surface area contributed by atoms with Crippen molar-refractivity contribution in [2.75, 3.05) is 26.2 Å². The molecule has 5 heteroatoms. The SMILES string of the molecule is CCCN(CC1CC1)CC(CN)C(F)(F)F. The molecule has 0 aliphatic heterocycles. The van der Waals surface area contributed by atoms with Gasteiger partial charge in [0.25, 0.3) is 0 Å². The first-order valence-corrected chi connectivity index (χ1v) is 5.96. The van der Waals surface area contributed by atoms with Crippen molar-refractivity contribution in [1.29, 1.82) is 0 Å². The van der Waals surface area contributed by atoms with Gasteiger partial charge in [0, 0.05) is 19.6 Å². The van der Waals surface area contributed by atoms with E-state index in [0.29, 0.717) is 5.92 Å². The molecule has 0 aromatic carbocycles. The smallest absolute Gasteiger partial charge is 0.330 e. The third-order valence-electron chi connectivity index (χ3n) is 2.98. The van der Waals surface area contributed by atoms with E-state index < -0.39 is 12.1 Å². The zero-order valence-electron chi connectivity index (χ0n) is 9.76. The lowest BCUT2D eigenvalue weighted by Gasteiger charge is -2.27. The molecule has 0 bridgehead atoms. The lowest BCUT2D eigenvalue weighted by atomic mass is 10.1. The average molecular weight is 238 g/mol. The van der Waals surface area contributed by atoms with E-state index in [1.807, 2.05) is 11.8 Å². The van der Waals surface area contributed by atoms with Crippen molar-refractivity contribution in [2.45, 2.75) is 32.4 Å². The van der Waals surface area contributed by atoms with Crippen LogP contribution in [0, 0.1) is 11.8 Å². The van der Waals surface area contributed by atoms with Gasteiger partial charge in [-0.2, -0.15) is 13.2 Å². The highest BCUT2D eigenvalue weighted by Crippen LogP contribution is 2.31. The molecular weight excluding hydrogens is 217 g/mol. The summed E-state index contributed by atoms with van der Waals surface area (Å²) in [4.78, 5) is 1.92. The number of hydrogen-bond acceptors (Lipinski definition) is 2. The monoisotopic (exact) mass is 238 g/mol. The first-order chi connectivity index (χ1) is 7.47. The molecule has 0 aromatic rings. The zero-order valence-corrected chi connectivity index (χ0v) is 9.76. The van der Waals surface area contributed by atoms with Crippen LogP contribution < -0.4 is 5.73 Å². The molecule has 1 saturated carbocycles. The summed E-state index contributed by atoms with van der Waals surface area (Å²) in [6.07, 6.45) is -0.939. The number of alkyl halides is 3. The molecule has 2 nitrogen and oxygen atoms in total. The summed E-state index contributed by atoms with van der Waals surface area (Å²) in [6, 6.07) is 0. The van der Waals surface area contributed by atoms with E-state index in [9.17, 15) is 13.2 Å². The summed E-state index contributed by atoms with van der Waals surface area (Å²) in [7, 11) is 0. The molecule has 96 valence electrons. The molecule has 16 heavy (non-hydrogen) atoms. The Hall–Kier alpha value is -0.290. The summed E-state index contributed by atoms with van der Waals surface area (Å²) in [5.74, 6) is -0.754. The van der Waals surface area contributed by atoms with Crippen molar-refractivity contribution in [3.8, 4) is 0 Å². The van der Waals surface area contributed by atoms with E-state index in [1.165, 1.54) is 12.8 Å². The second kappa shape index (κ2) is 5.87. The minimum absolute atomic E-state index is 0.0599. The highest BCUT2D eigenvalue weighted by molar-refractivity contribution is 4.80. The van der Waals surface area contributed by atoms with Crippen molar-refractivity contribution in [3.05, 3.63) is 0 Å². The fourth-order valence-electron chi connectivity index (χ4n) is 1.86. The van der Waals surface area contributed by atoms with Crippen molar-refractivity contribution in [2.24, 2.45) is 17.6 Å². The van der Waals surface area contributed by atoms with Gasteiger partial charge in [0.1, 0.15) is 0 Å². The van der Waals surface area contributed by atoms with Crippen molar-refractivity contribution in [3.63, 3.8) is 0 Å². The maximum atomic E-state index is 12.6. The van der Waals surface area contributed by atoms with Gasteiger partial charge in [-0.25, -0.2) is 0 Å². The van der Waals surface area contributed by atoms with Crippen LogP contribution in [0.15, 0.2) is 0 Å². The molecule has 1 aliphatic carbocycles. The van der Waals surface area contributed by atoms with Crippen LogP contribution >= 0.6 is 0 Å². The Balaban J connectivity index is 2.43. The van der Waals surface area contributed by atoms with Gasteiger partial charge < -0.3 is 10.6 Å². The Morgan fingerprint density at radius 2 is 2.00 bits per heavy atom. The minimum Gasteiger partial charge on any atom is -0.330 e. The quantitative estimate of drug-likeness (QED) is 0.737. The Labute approximate surface area is 95.0 Å². The molecular formula is C11H21F3N2. The number of halogens is 3. The molecule has 0 saturated heterocycles. The Kier molecular flexibility index (Phi) is 5.05. The van der Waals surface area contributed by atoms with Crippen LogP contribution in [0.1, 0.15) is 26.2 Å². The summed E-state index contributed by atoms with van der Waals surface area (Å²) in [5, 5.41) is 0. The van der Waals surface area contributed by atoms with E-state index in [-0.39, 0.29) is 13.1 Å². The predicted molar refractivity (Wildman–Crippen MR) is 58.1 cm³/mol. The summed E-state index contributed by atoms with van der Waals surface area (Å²) >= 11 is 0. The fraction of sp³-hybridized carbons (Fsp3) is 1.00. The van der Waals surface area contributed by atoms with Gasteiger partial charge in [0.2, 0.25) is 0 Å². The third-order valence-corrected chi connectivity index (χ3v) is 2.98. The Bertz CT molecular complexity index is 202. The number of hydrogen-bond donors (Lipinski definition) is 1. The molecule has 1 rings (SSSR count). The van der Waals surface area contributed by atoms with Crippen LogP contribution in [0.25, 0.3) is 0 Å². The van der Waals surface area contributed by atoms with Gasteiger partial charge >= 0.3 is 6.18 Å². The van der Waals surface area contributed by atoms with Crippen LogP contribution in [-0.4, -0.2) is 37.3 Å². The highest BCUT2D eigenvalue weighted by Gasteiger charge is 2.39. The maximum absolute atomic E-state index is 12.6. The molecule has 1 unspecified atom stereocenters. The van der Waals surface area contributed by atoms with Gasteiger partial charge in [-0.05, 0) is 31.7 Å². The Morgan fingerprint density at radius 1 is 1.38 bits per heavy atom. The van der Waals surface area contributed by atoms with Crippen LogP contribution in [0.3, 0.4) is 0 Å². The molecule has 1 atom stereocenters. The number of nitrogens with two attached hydrogens (primary N) is 1. The van der Waals surface area contributed by atoms with Crippen LogP contribution in [0.2, 0.25) is 0 Å². The number of rotatable bonds is 7. The minimum atomic E-state index is -4.16. The van der Waals surface area contributed by atoms with Crippen LogP contribution in [-0.2, 0) is 0 Å². The second-order valence-electron chi connectivity index (χ2n) is 4.68. The largest absolute Gasteiger partial charge is 0.394 e. The van der Waals surface area contributed by atoms with Gasteiger partial charge in [0.15, 0.2) is 0 Å². The predicted octanol–water partition coefficient (Wildman–Crippen LogP) is 2.25. The molecule has 0 heterocycles. The van der Waals surface area contributed by atoms with Crippen LogP contribution in [0.5, 0.6) is 0 Å². The van der Waals surface area contributed by atoms with Crippen molar-refractivity contribution in [1.82, 2.24) is 4.90 Å². The number of nitrogens with zero attached hydrogens (tertiary/aromatic N) is 1. The maximum Gasteiger partial charge on any atom is 0.394 e. The zero-order chi connectivity index (χ0) is 12.2. The molecule has 0 spiro atoms. The molecule has 2 N–H and O–H groups in total. The van der Waals surface area contributed by atoms with Gasteiger partial charge in [-0.3, -0.25) is 0 Å². The van der Waals surface area contributed by atoms with Gasteiger partial charge in [-0.1, -0.05) is 6.92 Å². The fourth-order valence-corrected chi connectivity index (χ4v) is 1.86. The lowest BCUT2D eigenvalue weighted by molar-refractivity contribution is -0.176. The topological polar surface area (TPSA) is 29.3 Å². The average Bonchev–Trinajstić information content (AvgIpc) is 2.96. The van der Waals surface area contributed by atoms with E-state index >= 15 is 0 Å². The van der Waals surface area contributed by atoms with Crippen molar-refractivity contribution >= 4 is 0 Å². The van der Waals surface area contributed by atoms with E-state index in [2.05, 4.69) is 0 Å². The third kappa shape index (κ3) is 4.70.